The number of benzene rings is 4. The molecule has 2 amide bonds. The van der Waals surface area contributed by atoms with Gasteiger partial charge in [-0.05, 0) is 85.0 Å². The van der Waals surface area contributed by atoms with Crippen molar-refractivity contribution in [3.63, 3.8) is 0 Å². The van der Waals surface area contributed by atoms with Gasteiger partial charge >= 0.3 is 0 Å². The number of nitrogens with one attached hydrogen (secondary N) is 1. The average Bonchev–Trinajstić information content (AvgIpc) is 3.46. The number of hydrogen-bond acceptors (Lipinski definition) is 6. The summed E-state index contributed by atoms with van der Waals surface area (Å²) in [6, 6.07) is 28.4. The van der Waals surface area contributed by atoms with Crippen LogP contribution in [0.4, 0.5) is 11.4 Å². The Morgan fingerprint density at radius 1 is 0.863 bits per heavy atom. The Morgan fingerprint density at radius 3 is 2.24 bits per heavy atom. The van der Waals surface area contributed by atoms with E-state index in [-0.39, 0.29) is 22.6 Å². The van der Waals surface area contributed by atoms with Crippen molar-refractivity contribution in [2.24, 2.45) is 5.10 Å². The summed E-state index contributed by atoms with van der Waals surface area (Å²) in [5, 5.41) is 9.16. The first kappa shape index (κ1) is 37.2. The number of hydrazone groups is 1. The number of carbonyl (C=O) groups is 2. The van der Waals surface area contributed by atoms with Crippen LogP contribution in [0.2, 0.25) is 0 Å². The summed E-state index contributed by atoms with van der Waals surface area (Å²) in [4.78, 5) is 28.2. The van der Waals surface area contributed by atoms with Crippen LogP contribution in [0.1, 0.15) is 90.0 Å². The molecule has 0 saturated carbocycles. The number of ether oxygens (including phenoxy) is 3. The topological polar surface area (TPSA) is 89.5 Å². The molecule has 1 aliphatic heterocycles. The van der Waals surface area contributed by atoms with Gasteiger partial charge in [0.25, 0.3) is 11.8 Å². The standard InChI is InChI=1S/C43H51N3O5/c1-10-36(51-37-25-22-30(42(5,6)11-2)27-33(37)43(7,8)12-3)40(47)44-34-18-13-14-19-35(34)46-41(48)39(50-31-23-20-28(4)21-24-31)38(45-46)29-16-15-17-32(26-29)49-9/h13-27,36,39H,10-12H2,1-9H3,(H,44,47). The van der Waals surface area contributed by atoms with Crippen molar-refractivity contribution in [1.82, 2.24) is 0 Å². The fourth-order valence-corrected chi connectivity index (χ4v) is 5.89. The van der Waals surface area contributed by atoms with Gasteiger partial charge in [-0.25, -0.2) is 0 Å². The fraction of sp³-hybridized carbons (Fsp3) is 0.372. The number of methoxy groups -OCH3 is 1. The van der Waals surface area contributed by atoms with E-state index in [2.05, 4.69) is 59.0 Å². The number of carbonyl (C=O) groups excluding carboxylic acids is 2. The predicted molar refractivity (Wildman–Crippen MR) is 205 cm³/mol. The van der Waals surface area contributed by atoms with Crippen LogP contribution in [-0.2, 0) is 20.4 Å². The van der Waals surface area contributed by atoms with Gasteiger partial charge in [0, 0.05) is 11.1 Å². The molecule has 4 aromatic rings. The Morgan fingerprint density at radius 2 is 1.57 bits per heavy atom. The van der Waals surface area contributed by atoms with Crippen LogP contribution in [0.5, 0.6) is 17.2 Å². The van der Waals surface area contributed by atoms with E-state index in [0.717, 1.165) is 24.0 Å². The van der Waals surface area contributed by atoms with E-state index < -0.39 is 12.2 Å². The molecule has 0 radical (unpaired) electrons. The van der Waals surface area contributed by atoms with Gasteiger partial charge in [-0.1, -0.05) is 103 Å². The van der Waals surface area contributed by atoms with E-state index in [1.807, 2.05) is 74.5 Å². The third-order valence-corrected chi connectivity index (χ3v) is 10.1. The number of anilines is 2. The van der Waals surface area contributed by atoms with Gasteiger partial charge in [0.2, 0.25) is 6.10 Å². The first-order valence-electron chi connectivity index (χ1n) is 17.8. The summed E-state index contributed by atoms with van der Waals surface area (Å²) in [5.74, 6) is 1.16. The van der Waals surface area contributed by atoms with Gasteiger partial charge in [-0.2, -0.15) is 10.1 Å². The van der Waals surface area contributed by atoms with Crippen LogP contribution in [-0.4, -0.2) is 36.8 Å². The lowest BCUT2D eigenvalue weighted by molar-refractivity contribution is -0.123. The Labute approximate surface area is 302 Å². The zero-order valence-electron chi connectivity index (χ0n) is 31.4. The van der Waals surface area contributed by atoms with Crippen LogP contribution in [0.15, 0.2) is 96.1 Å². The Hall–Kier alpha value is -5.11. The molecule has 0 aliphatic carbocycles. The molecule has 8 nitrogen and oxygen atoms in total. The summed E-state index contributed by atoms with van der Waals surface area (Å²) < 4.78 is 18.3. The van der Waals surface area contributed by atoms with Crippen molar-refractivity contribution in [1.29, 1.82) is 0 Å². The number of amides is 2. The lowest BCUT2D eigenvalue weighted by Crippen LogP contribution is -2.37. The maximum Gasteiger partial charge on any atom is 0.294 e. The lowest BCUT2D eigenvalue weighted by Gasteiger charge is -2.31. The molecule has 1 N–H and O–H groups in total. The number of nitrogens with zero attached hydrogens (tertiary/aromatic N) is 2. The minimum atomic E-state index is -1.03. The molecule has 2 atom stereocenters. The molecule has 1 heterocycles. The largest absolute Gasteiger partial charge is 0.497 e. The third-order valence-electron chi connectivity index (χ3n) is 10.1. The number of rotatable bonds is 14. The Kier molecular flexibility index (Phi) is 11.2. The molecule has 0 fully saturated rings. The molecule has 0 saturated heterocycles. The molecule has 4 aromatic carbocycles. The molecule has 51 heavy (non-hydrogen) atoms. The van der Waals surface area contributed by atoms with Gasteiger partial charge < -0.3 is 19.5 Å². The highest BCUT2D eigenvalue weighted by atomic mass is 16.5. The van der Waals surface area contributed by atoms with Gasteiger partial charge in [-0.15, -0.1) is 0 Å². The summed E-state index contributed by atoms with van der Waals surface area (Å²) >= 11 is 0. The smallest absolute Gasteiger partial charge is 0.294 e. The van der Waals surface area contributed by atoms with Crippen LogP contribution >= 0.6 is 0 Å². The molecule has 2 unspecified atom stereocenters. The van der Waals surface area contributed by atoms with Crippen molar-refractivity contribution >= 4 is 28.9 Å². The highest BCUT2D eigenvalue weighted by Crippen LogP contribution is 2.39. The second kappa shape index (κ2) is 15.4. The third kappa shape index (κ3) is 8.11. The monoisotopic (exact) mass is 689 g/mol. The van der Waals surface area contributed by atoms with E-state index >= 15 is 0 Å². The van der Waals surface area contributed by atoms with Crippen molar-refractivity contribution in [2.45, 2.75) is 97.7 Å². The lowest BCUT2D eigenvalue weighted by atomic mass is 9.76. The fourth-order valence-electron chi connectivity index (χ4n) is 5.89. The zero-order chi connectivity index (χ0) is 36.9. The van der Waals surface area contributed by atoms with Gasteiger partial charge in [0.15, 0.2) is 6.10 Å². The first-order chi connectivity index (χ1) is 24.3. The van der Waals surface area contributed by atoms with Gasteiger partial charge in [0.1, 0.15) is 23.0 Å². The highest BCUT2D eigenvalue weighted by Gasteiger charge is 2.41. The predicted octanol–water partition coefficient (Wildman–Crippen LogP) is 9.37. The SMILES string of the molecule is CCC(Oc1ccc(C(C)(C)CC)cc1C(C)(C)CC)C(=O)Nc1ccccc1N1N=C(c2cccc(OC)c2)C(Oc2ccc(C)cc2)C1=O. The first-order valence-corrected chi connectivity index (χ1v) is 17.8. The zero-order valence-corrected chi connectivity index (χ0v) is 31.4. The molecule has 0 bridgehead atoms. The maximum absolute atomic E-state index is 14.2. The van der Waals surface area contributed by atoms with Gasteiger partial charge in [-0.3, -0.25) is 9.59 Å². The number of hydrogen-bond donors (Lipinski definition) is 1. The summed E-state index contributed by atoms with van der Waals surface area (Å²) in [5.41, 5.74) is 5.20. The number of para-hydroxylation sites is 2. The minimum Gasteiger partial charge on any atom is -0.497 e. The van der Waals surface area contributed by atoms with Crippen molar-refractivity contribution in [3.8, 4) is 17.2 Å². The van der Waals surface area contributed by atoms with E-state index in [1.54, 1.807) is 25.3 Å². The second-order valence-electron chi connectivity index (χ2n) is 14.4. The normalized spacial score (nSPS) is 15.3. The second-order valence-corrected chi connectivity index (χ2v) is 14.4. The molecule has 0 aromatic heterocycles. The van der Waals surface area contributed by atoms with Crippen molar-refractivity contribution in [3.05, 3.63) is 113 Å². The minimum absolute atomic E-state index is 0.00840. The molecule has 5 rings (SSSR count). The summed E-state index contributed by atoms with van der Waals surface area (Å²) in [6.07, 6.45) is 0.540. The molecule has 0 spiro atoms. The van der Waals surface area contributed by atoms with E-state index in [4.69, 9.17) is 19.3 Å². The van der Waals surface area contributed by atoms with Crippen LogP contribution in [0.3, 0.4) is 0 Å². The van der Waals surface area contributed by atoms with Crippen LogP contribution in [0.25, 0.3) is 0 Å². The molecule has 1 aliphatic rings. The van der Waals surface area contributed by atoms with E-state index in [0.29, 0.717) is 46.3 Å². The average molecular weight is 690 g/mol. The molecular weight excluding hydrogens is 638 g/mol. The van der Waals surface area contributed by atoms with Crippen molar-refractivity contribution < 1.29 is 23.8 Å². The van der Waals surface area contributed by atoms with Crippen molar-refractivity contribution in [2.75, 3.05) is 17.4 Å². The van der Waals surface area contributed by atoms with Crippen LogP contribution in [0, 0.1) is 6.92 Å². The van der Waals surface area contributed by atoms with Crippen LogP contribution < -0.4 is 24.5 Å². The molecule has 8 heteroatoms. The Balaban J connectivity index is 1.46. The maximum atomic E-state index is 14.2. The van der Waals surface area contributed by atoms with Gasteiger partial charge in [0.05, 0.1) is 18.5 Å². The highest BCUT2D eigenvalue weighted by molar-refractivity contribution is 6.25. The van der Waals surface area contributed by atoms with E-state index in [1.165, 1.54) is 10.6 Å². The Bertz CT molecular complexity index is 1900. The number of aryl methyl sites for hydroxylation is 1. The quantitative estimate of drug-likeness (QED) is 0.143. The molecule has 268 valence electrons. The van der Waals surface area contributed by atoms with E-state index in [9.17, 15) is 9.59 Å². The summed E-state index contributed by atoms with van der Waals surface area (Å²) in [6.45, 7) is 17.2. The molecular formula is C43H51N3O5. The summed E-state index contributed by atoms with van der Waals surface area (Å²) in [7, 11) is 1.59.